The van der Waals surface area contributed by atoms with Gasteiger partial charge in [0.15, 0.2) is 0 Å². The standard InChI is InChI=1S/C13H22N2O3S/c1-10(2)9-18-5-4-15-19(16,17)13-7-11(3)6-12(14)8-13/h6-8,10,15H,4-5,9,14H2,1-3H3. The molecule has 0 aliphatic heterocycles. The molecule has 0 aromatic heterocycles. The maximum absolute atomic E-state index is 12.0. The predicted octanol–water partition coefficient (Wildman–Crippen LogP) is 1.53. The van der Waals surface area contributed by atoms with Gasteiger partial charge in [-0.2, -0.15) is 0 Å². The quantitative estimate of drug-likeness (QED) is 0.588. The lowest BCUT2D eigenvalue weighted by molar-refractivity contribution is 0.114. The monoisotopic (exact) mass is 286 g/mol. The summed E-state index contributed by atoms with van der Waals surface area (Å²) in [6.07, 6.45) is 0. The van der Waals surface area contributed by atoms with Crippen molar-refractivity contribution in [3.63, 3.8) is 0 Å². The number of hydrogen-bond acceptors (Lipinski definition) is 4. The van der Waals surface area contributed by atoms with Crippen LogP contribution < -0.4 is 10.5 Å². The highest BCUT2D eigenvalue weighted by atomic mass is 32.2. The van der Waals surface area contributed by atoms with E-state index in [1.165, 1.54) is 6.07 Å². The largest absolute Gasteiger partial charge is 0.399 e. The van der Waals surface area contributed by atoms with E-state index in [9.17, 15) is 8.42 Å². The third-order valence-corrected chi connectivity index (χ3v) is 3.81. The third kappa shape index (κ3) is 5.59. The SMILES string of the molecule is Cc1cc(N)cc(S(=O)(=O)NCCOCC(C)C)c1. The number of hydrogen-bond donors (Lipinski definition) is 2. The van der Waals surface area contributed by atoms with Gasteiger partial charge in [-0.05, 0) is 36.6 Å². The van der Waals surface area contributed by atoms with Gasteiger partial charge in [0.1, 0.15) is 0 Å². The first kappa shape index (κ1) is 15.9. The minimum Gasteiger partial charge on any atom is -0.399 e. The van der Waals surface area contributed by atoms with E-state index < -0.39 is 10.0 Å². The lowest BCUT2D eigenvalue weighted by atomic mass is 10.2. The molecule has 108 valence electrons. The minimum absolute atomic E-state index is 0.189. The van der Waals surface area contributed by atoms with Crippen LogP contribution in [0.4, 0.5) is 5.69 Å². The van der Waals surface area contributed by atoms with Crippen molar-refractivity contribution < 1.29 is 13.2 Å². The van der Waals surface area contributed by atoms with E-state index in [-0.39, 0.29) is 11.4 Å². The molecule has 6 heteroatoms. The van der Waals surface area contributed by atoms with Crippen LogP contribution in [0, 0.1) is 12.8 Å². The summed E-state index contributed by atoms with van der Waals surface area (Å²) in [6.45, 7) is 7.13. The Labute approximate surface area is 115 Å². The summed E-state index contributed by atoms with van der Waals surface area (Å²) in [7, 11) is -3.52. The summed E-state index contributed by atoms with van der Waals surface area (Å²) in [5.74, 6) is 0.438. The molecule has 0 spiro atoms. The average Bonchev–Trinajstić information content (AvgIpc) is 2.26. The van der Waals surface area contributed by atoms with Crippen molar-refractivity contribution in [1.29, 1.82) is 0 Å². The Kier molecular flexibility index (Phi) is 5.78. The van der Waals surface area contributed by atoms with Gasteiger partial charge >= 0.3 is 0 Å². The van der Waals surface area contributed by atoms with Gasteiger partial charge in [-0.3, -0.25) is 0 Å². The summed E-state index contributed by atoms with van der Waals surface area (Å²) >= 11 is 0. The number of aryl methyl sites for hydroxylation is 1. The first-order valence-corrected chi connectivity index (χ1v) is 7.74. The smallest absolute Gasteiger partial charge is 0.240 e. The fraction of sp³-hybridized carbons (Fsp3) is 0.538. The normalized spacial score (nSPS) is 12.0. The van der Waals surface area contributed by atoms with Crippen LogP contribution in [0.2, 0.25) is 0 Å². The highest BCUT2D eigenvalue weighted by Crippen LogP contribution is 2.15. The average molecular weight is 286 g/mol. The molecule has 19 heavy (non-hydrogen) atoms. The lowest BCUT2D eigenvalue weighted by Crippen LogP contribution is -2.28. The van der Waals surface area contributed by atoms with Gasteiger partial charge in [0.25, 0.3) is 0 Å². The number of ether oxygens (including phenoxy) is 1. The highest BCUT2D eigenvalue weighted by molar-refractivity contribution is 7.89. The number of nitrogens with one attached hydrogen (secondary N) is 1. The lowest BCUT2D eigenvalue weighted by Gasteiger charge is -2.10. The number of anilines is 1. The van der Waals surface area contributed by atoms with Crippen LogP contribution in [-0.4, -0.2) is 28.2 Å². The Bertz CT molecular complexity index is 492. The summed E-state index contributed by atoms with van der Waals surface area (Å²) in [4.78, 5) is 0.189. The van der Waals surface area contributed by atoms with Gasteiger partial charge in [-0.15, -0.1) is 0 Å². The number of rotatable bonds is 7. The van der Waals surface area contributed by atoms with Crippen molar-refractivity contribution in [2.24, 2.45) is 5.92 Å². The molecule has 1 rings (SSSR count). The molecule has 0 amide bonds. The molecule has 0 atom stereocenters. The Morgan fingerprint density at radius 1 is 1.32 bits per heavy atom. The first-order chi connectivity index (χ1) is 8.81. The molecule has 0 radical (unpaired) electrons. The Hall–Kier alpha value is -1.11. The molecule has 0 aliphatic carbocycles. The number of sulfonamides is 1. The van der Waals surface area contributed by atoms with Gasteiger partial charge in [0, 0.05) is 18.8 Å². The molecule has 5 nitrogen and oxygen atoms in total. The van der Waals surface area contributed by atoms with Gasteiger partial charge in [0.2, 0.25) is 10.0 Å². The van der Waals surface area contributed by atoms with Crippen LogP contribution in [0.5, 0.6) is 0 Å². The molecule has 1 aromatic carbocycles. The molecule has 1 aromatic rings. The van der Waals surface area contributed by atoms with Crippen LogP contribution in [-0.2, 0) is 14.8 Å². The van der Waals surface area contributed by atoms with E-state index in [1.807, 2.05) is 13.8 Å². The molecule has 0 bridgehead atoms. The highest BCUT2D eigenvalue weighted by Gasteiger charge is 2.14. The minimum atomic E-state index is -3.52. The van der Waals surface area contributed by atoms with Crippen LogP contribution in [0.15, 0.2) is 23.1 Å². The van der Waals surface area contributed by atoms with Crippen LogP contribution >= 0.6 is 0 Å². The molecule has 0 fully saturated rings. The van der Waals surface area contributed by atoms with Gasteiger partial charge in [-0.1, -0.05) is 13.8 Å². The second-order valence-corrected chi connectivity index (χ2v) is 6.71. The van der Waals surface area contributed by atoms with E-state index in [0.29, 0.717) is 24.8 Å². The van der Waals surface area contributed by atoms with Crippen molar-refractivity contribution in [1.82, 2.24) is 4.72 Å². The van der Waals surface area contributed by atoms with Gasteiger partial charge in [0.05, 0.1) is 11.5 Å². The fourth-order valence-electron chi connectivity index (χ4n) is 1.58. The van der Waals surface area contributed by atoms with Gasteiger partial charge in [-0.25, -0.2) is 13.1 Å². The molecule has 0 aliphatic rings. The zero-order valence-electron chi connectivity index (χ0n) is 11.6. The summed E-state index contributed by atoms with van der Waals surface area (Å²) in [5, 5.41) is 0. The maximum Gasteiger partial charge on any atom is 0.240 e. The van der Waals surface area contributed by atoms with Crippen LogP contribution in [0.1, 0.15) is 19.4 Å². The molecular weight excluding hydrogens is 264 g/mol. The zero-order chi connectivity index (χ0) is 14.5. The molecule has 0 saturated heterocycles. The van der Waals surface area contributed by atoms with E-state index in [1.54, 1.807) is 19.1 Å². The molecule has 0 saturated carbocycles. The number of nitrogens with two attached hydrogens (primary N) is 1. The van der Waals surface area contributed by atoms with E-state index >= 15 is 0 Å². The zero-order valence-corrected chi connectivity index (χ0v) is 12.5. The van der Waals surface area contributed by atoms with E-state index in [2.05, 4.69) is 4.72 Å². The van der Waals surface area contributed by atoms with E-state index in [4.69, 9.17) is 10.5 Å². The van der Waals surface area contributed by atoms with Crippen LogP contribution in [0.3, 0.4) is 0 Å². The second kappa shape index (κ2) is 6.88. The van der Waals surface area contributed by atoms with Crippen molar-refractivity contribution in [3.05, 3.63) is 23.8 Å². The van der Waals surface area contributed by atoms with Crippen LogP contribution in [0.25, 0.3) is 0 Å². The van der Waals surface area contributed by atoms with Crippen molar-refractivity contribution in [3.8, 4) is 0 Å². The molecular formula is C13H22N2O3S. The number of nitrogen functional groups attached to an aromatic ring is 1. The Morgan fingerprint density at radius 3 is 2.58 bits per heavy atom. The van der Waals surface area contributed by atoms with Crippen molar-refractivity contribution >= 4 is 15.7 Å². The fourth-order valence-corrected chi connectivity index (χ4v) is 2.73. The predicted molar refractivity (Wildman–Crippen MR) is 76.4 cm³/mol. The van der Waals surface area contributed by atoms with Crippen molar-refractivity contribution in [2.45, 2.75) is 25.7 Å². The Morgan fingerprint density at radius 2 is 2.00 bits per heavy atom. The van der Waals surface area contributed by atoms with E-state index in [0.717, 1.165) is 5.56 Å². The summed E-state index contributed by atoms with van der Waals surface area (Å²) in [6, 6.07) is 4.77. The first-order valence-electron chi connectivity index (χ1n) is 6.26. The summed E-state index contributed by atoms with van der Waals surface area (Å²) in [5.41, 5.74) is 6.91. The molecule has 0 heterocycles. The second-order valence-electron chi connectivity index (χ2n) is 4.95. The molecule has 3 N–H and O–H groups in total. The summed E-state index contributed by atoms with van der Waals surface area (Å²) < 4.78 is 31.8. The third-order valence-electron chi connectivity index (χ3n) is 2.37. The number of benzene rings is 1. The van der Waals surface area contributed by atoms with Crippen molar-refractivity contribution in [2.75, 3.05) is 25.5 Å². The van der Waals surface area contributed by atoms with Gasteiger partial charge < -0.3 is 10.5 Å². The maximum atomic E-state index is 12.0. The molecule has 0 unspecified atom stereocenters. The topological polar surface area (TPSA) is 81.4 Å². The Balaban J connectivity index is 2.56.